The molecule has 2 saturated heterocycles. The molecule has 10 atom stereocenters. The quantitative estimate of drug-likeness (QED) is 0.203. The molecule has 1 N–H and O–H groups in total. The molecular weight excluding hydrogens is 600 g/mol. The van der Waals surface area contributed by atoms with Crippen molar-refractivity contribution in [3.8, 4) is 0 Å². The number of ether oxygens (including phenoxy) is 10. The van der Waals surface area contributed by atoms with Crippen LogP contribution in [0.2, 0.25) is 0 Å². The van der Waals surface area contributed by atoms with Gasteiger partial charge in [-0.1, -0.05) is 0 Å². The zero-order valence-electron chi connectivity index (χ0n) is 25.1. The van der Waals surface area contributed by atoms with Crippen molar-refractivity contribution in [3.05, 3.63) is 0 Å². The monoisotopic (exact) mass is 636 g/mol. The summed E-state index contributed by atoms with van der Waals surface area (Å²) in [7, 11) is 0. The van der Waals surface area contributed by atoms with E-state index in [4.69, 9.17) is 47.4 Å². The van der Waals surface area contributed by atoms with Crippen molar-refractivity contribution >= 4 is 41.8 Å². The normalized spacial score (nSPS) is 31.5. The molecule has 0 spiro atoms. The smallest absolute Gasteiger partial charge is 0.303 e. The molecule has 0 radical (unpaired) electrons. The Morgan fingerprint density at radius 1 is 0.477 bits per heavy atom. The summed E-state index contributed by atoms with van der Waals surface area (Å²) in [5.41, 5.74) is 0. The first-order valence-electron chi connectivity index (χ1n) is 13.3. The van der Waals surface area contributed by atoms with Crippen molar-refractivity contribution in [1.82, 2.24) is 0 Å². The van der Waals surface area contributed by atoms with Crippen LogP contribution in [0, 0.1) is 0 Å². The third-order valence-corrected chi connectivity index (χ3v) is 5.89. The van der Waals surface area contributed by atoms with E-state index in [1.54, 1.807) is 0 Å². The van der Waals surface area contributed by atoms with E-state index in [2.05, 4.69) is 0 Å². The van der Waals surface area contributed by atoms with Crippen molar-refractivity contribution in [3.63, 3.8) is 0 Å². The Kier molecular flexibility index (Phi) is 13.4. The Bertz CT molecular complexity index is 1090. The first kappa shape index (κ1) is 36.3. The molecule has 0 aromatic rings. The van der Waals surface area contributed by atoms with E-state index in [0.29, 0.717) is 0 Å². The number of esters is 7. The van der Waals surface area contributed by atoms with Crippen LogP contribution < -0.4 is 0 Å². The highest BCUT2D eigenvalue weighted by Gasteiger charge is 2.55. The molecule has 0 aromatic carbocycles. The van der Waals surface area contributed by atoms with Crippen LogP contribution in [0.3, 0.4) is 0 Å². The van der Waals surface area contributed by atoms with E-state index >= 15 is 0 Å². The van der Waals surface area contributed by atoms with Gasteiger partial charge in [0.2, 0.25) is 0 Å². The van der Waals surface area contributed by atoms with Gasteiger partial charge >= 0.3 is 41.8 Å². The number of carbonyl (C=O) groups is 7. The minimum absolute atomic E-state index is 0.523. The van der Waals surface area contributed by atoms with E-state index in [1.165, 1.54) is 0 Å². The van der Waals surface area contributed by atoms with Crippen LogP contribution >= 0.6 is 0 Å². The zero-order valence-corrected chi connectivity index (χ0v) is 25.1. The second kappa shape index (κ2) is 16.3. The molecule has 0 aliphatic carbocycles. The number of carbonyl (C=O) groups excluding carboxylic acids is 7. The lowest BCUT2D eigenvalue weighted by Gasteiger charge is -2.45. The lowest BCUT2D eigenvalue weighted by atomic mass is 9.97. The summed E-state index contributed by atoms with van der Waals surface area (Å²) in [6.45, 7) is 6.15. The third kappa shape index (κ3) is 10.7. The van der Waals surface area contributed by atoms with Gasteiger partial charge < -0.3 is 52.5 Å². The van der Waals surface area contributed by atoms with Crippen LogP contribution in [0.5, 0.6) is 0 Å². The predicted molar refractivity (Wildman–Crippen MR) is 135 cm³/mol. The summed E-state index contributed by atoms with van der Waals surface area (Å²) >= 11 is 0. The fourth-order valence-corrected chi connectivity index (χ4v) is 4.52. The Morgan fingerprint density at radius 3 is 1.27 bits per heavy atom. The highest BCUT2D eigenvalue weighted by atomic mass is 16.7. The van der Waals surface area contributed by atoms with Gasteiger partial charge in [0, 0.05) is 48.5 Å². The summed E-state index contributed by atoms with van der Waals surface area (Å²) < 4.78 is 53.7. The second-order valence-electron chi connectivity index (χ2n) is 9.69. The van der Waals surface area contributed by atoms with E-state index in [0.717, 1.165) is 48.5 Å². The molecule has 2 rings (SSSR count). The molecule has 2 aliphatic heterocycles. The highest BCUT2D eigenvalue weighted by molar-refractivity contribution is 5.69. The average molecular weight is 637 g/mol. The van der Waals surface area contributed by atoms with Gasteiger partial charge in [0.15, 0.2) is 49.2 Å². The largest absolute Gasteiger partial charge is 0.463 e. The maximum absolute atomic E-state index is 12.1. The lowest BCUT2D eigenvalue weighted by molar-refractivity contribution is -0.330. The van der Waals surface area contributed by atoms with Crippen LogP contribution in [-0.2, 0) is 80.9 Å². The van der Waals surface area contributed by atoms with Gasteiger partial charge in [0.25, 0.3) is 0 Å². The van der Waals surface area contributed by atoms with Crippen LogP contribution in [0.4, 0.5) is 0 Å². The fourth-order valence-electron chi connectivity index (χ4n) is 4.52. The van der Waals surface area contributed by atoms with Gasteiger partial charge in [-0.2, -0.15) is 0 Å². The van der Waals surface area contributed by atoms with Crippen molar-refractivity contribution in [2.45, 2.75) is 110 Å². The number of rotatable bonds is 11. The second-order valence-corrected chi connectivity index (χ2v) is 9.69. The zero-order chi connectivity index (χ0) is 33.3. The van der Waals surface area contributed by atoms with Crippen LogP contribution in [-0.4, -0.2) is 122 Å². The maximum atomic E-state index is 12.1. The summed E-state index contributed by atoms with van der Waals surface area (Å²) in [6.07, 6.45) is -15.6. The van der Waals surface area contributed by atoms with Gasteiger partial charge in [-0.3, -0.25) is 33.6 Å². The van der Waals surface area contributed by atoms with Crippen LogP contribution in [0.1, 0.15) is 48.5 Å². The Hall–Kier alpha value is -3.87. The number of aliphatic hydroxyl groups excluding tert-OH is 1. The summed E-state index contributed by atoms with van der Waals surface area (Å²) in [4.78, 5) is 83.0. The van der Waals surface area contributed by atoms with Gasteiger partial charge in [-0.25, -0.2) is 0 Å². The van der Waals surface area contributed by atoms with E-state index in [-0.39, 0.29) is 0 Å². The molecule has 2 fully saturated rings. The third-order valence-electron chi connectivity index (χ3n) is 5.89. The summed E-state index contributed by atoms with van der Waals surface area (Å²) in [5, 5.41) is 10.6. The fraction of sp³-hybridized carbons (Fsp3) is 0.731. The van der Waals surface area contributed by atoms with E-state index in [1.807, 2.05) is 0 Å². The summed E-state index contributed by atoms with van der Waals surface area (Å²) in [5.74, 6) is -5.94. The van der Waals surface area contributed by atoms with Crippen LogP contribution in [0.25, 0.3) is 0 Å². The van der Waals surface area contributed by atoms with Gasteiger partial charge in [-0.15, -0.1) is 0 Å². The van der Waals surface area contributed by atoms with Crippen molar-refractivity contribution in [2.75, 3.05) is 13.2 Å². The van der Waals surface area contributed by atoms with Crippen molar-refractivity contribution < 1.29 is 86.0 Å². The molecule has 18 heteroatoms. The van der Waals surface area contributed by atoms with Crippen molar-refractivity contribution in [2.24, 2.45) is 0 Å². The van der Waals surface area contributed by atoms with Crippen LogP contribution in [0.15, 0.2) is 0 Å². The van der Waals surface area contributed by atoms with Gasteiger partial charge in [0.05, 0.1) is 6.61 Å². The van der Waals surface area contributed by atoms with E-state index < -0.39 is 116 Å². The van der Waals surface area contributed by atoms with E-state index in [9.17, 15) is 38.7 Å². The Balaban J connectivity index is 2.48. The molecule has 2 heterocycles. The first-order chi connectivity index (χ1) is 20.5. The molecule has 0 aromatic heterocycles. The van der Waals surface area contributed by atoms with Gasteiger partial charge in [0.1, 0.15) is 18.8 Å². The average Bonchev–Trinajstić information content (AvgIpc) is 2.87. The molecule has 248 valence electrons. The standard InChI is InChI=1S/C26H36O18/c1-10(27)35-8-18-20(38-12(3)29)22(40-14(5)31)24(42-16(7)33)26(44-18)36-9-17-19(37-11(2)28)21(39-13(4)30)23(25(34)43-17)41-15(6)32/h17-26,34H,8-9H2,1-7H3/t17-,18-,19-,20-,21+,22+,23-,24-,25-,26-/m1/s1. The molecule has 0 amide bonds. The lowest BCUT2D eigenvalue weighted by Crippen LogP contribution is -2.64. The maximum Gasteiger partial charge on any atom is 0.303 e. The SMILES string of the molecule is CC(=O)OC[C@H]1O[C@@H](OC[C@H]2O[C@@H](O)[C@H](OC(C)=O)[C@@H](OC(C)=O)[C@@H]2OC(C)=O)[C@H](OC(C)=O)[C@@H](OC(C)=O)[C@@H]1OC(C)=O. The highest BCUT2D eigenvalue weighted by Crippen LogP contribution is 2.32. The number of aliphatic hydroxyl groups is 1. The minimum Gasteiger partial charge on any atom is -0.463 e. The number of hydrogen-bond acceptors (Lipinski definition) is 18. The topological polar surface area (TPSA) is 232 Å². The molecule has 44 heavy (non-hydrogen) atoms. The molecule has 0 bridgehead atoms. The molecule has 0 unspecified atom stereocenters. The van der Waals surface area contributed by atoms with Crippen molar-refractivity contribution in [1.29, 1.82) is 0 Å². The Morgan fingerprint density at radius 2 is 0.841 bits per heavy atom. The minimum atomic E-state index is -1.90. The molecule has 0 saturated carbocycles. The predicted octanol–water partition coefficient (Wildman–Crippen LogP) is -1.40. The molecule has 2 aliphatic rings. The molecule has 18 nitrogen and oxygen atoms in total. The number of hydrogen-bond donors (Lipinski definition) is 1. The molecular formula is C26H36O18. The first-order valence-corrected chi connectivity index (χ1v) is 13.3. The summed E-state index contributed by atoms with van der Waals surface area (Å²) in [6, 6.07) is 0. The Labute approximate surface area is 251 Å². The van der Waals surface area contributed by atoms with Gasteiger partial charge in [-0.05, 0) is 0 Å².